The molecule has 0 aliphatic heterocycles. The third-order valence-electron chi connectivity index (χ3n) is 1.28. The minimum atomic E-state index is -0.895. The fraction of sp³-hybridized carbons (Fsp3) is 0.667. The molecule has 1 atom stereocenters. The Bertz CT molecular complexity index is 144. The number of primary amides is 1. The summed E-state index contributed by atoms with van der Waals surface area (Å²) in [6, 6.07) is 0. The Hall–Kier alpha value is -1.06. The summed E-state index contributed by atoms with van der Waals surface area (Å²) in [6.07, 6.45) is 0.328. The molecular formula is C6H11NO3. The molecule has 0 rings (SSSR count). The molecule has 0 aromatic heterocycles. The Labute approximate surface area is 59.0 Å². The Morgan fingerprint density at radius 1 is 1.60 bits per heavy atom. The number of carboxylic acids is 1. The minimum absolute atomic E-state index is 0.00407. The van der Waals surface area contributed by atoms with Crippen LogP contribution < -0.4 is 5.73 Å². The summed E-state index contributed by atoms with van der Waals surface area (Å²) in [5, 5.41) is 8.19. The van der Waals surface area contributed by atoms with Crippen molar-refractivity contribution in [2.75, 3.05) is 0 Å². The lowest BCUT2D eigenvalue weighted by atomic mass is 10.1. The van der Waals surface area contributed by atoms with Crippen LogP contribution in [0.1, 0.15) is 19.8 Å². The number of rotatable bonds is 4. The van der Waals surface area contributed by atoms with Gasteiger partial charge in [0, 0.05) is 12.3 Å². The summed E-state index contributed by atoms with van der Waals surface area (Å²) in [6.45, 7) is 1.62. The van der Waals surface area contributed by atoms with E-state index >= 15 is 0 Å². The number of aliphatic carboxylic acids is 1. The first-order valence-electron chi connectivity index (χ1n) is 3.05. The van der Waals surface area contributed by atoms with E-state index in [2.05, 4.69) is 0 Å². The first-order chi connectivity index (χ1) is 4.54. The maximum atomic E-state index is 10.3. The second-order valence-electron chi connectivity index (χ2n) is 2.24. The molecule has 4 nitrogen and oxygen atoms in total. The molecule has 0 aromatic carbocycles. The number of hydrogen-bond donors (Lipinski definition) is 2. The van der Waals surface area contributed by atoms with Crippen LogP contribution in [0.4, 0.5) is 0 Å². The summed E-state index contributed by atoms with van der Waals surface area (Å²) in [4.78, 5) is 20.3. The van der Waals surface area contributed by atoms with Gasteiger partial charge >= 0.3 is 5.97 Å². The monoisotopic (exact) mass is 145 g/mol. The normalized spacial score (nSPS) is 12.5. The van der Waals surface area contributed by atoms with E-state index in [1.165, 1.54) is 0 Å². The summed E-state index contributed by atoms with van der Waals surface area (Å²) in [7, 11) is 0. The maximum absolute atomic E-state index is 10.3. The minimum Gasteiger partial charge on any atom is -0.481 e. The molecule has 0 aliphatic carbocycles. The molecule has 0 aromatic rings. The van der Waals surface area contributed by atoms with Crippen molar-refractivity contribution in [2.45, 2.75) is 19.8 Å². The van der Waals surface area contributed by atoms with Gasteiger partial charge in [0.25, 0.3) is 0 Å². The van der Waals surface area contributed by atoms with Gasteiger partial charge in [-0.3, -0.25) is 9.59 Å². The SMILES string of the molecule is C[C@H](CCC(=O)O)C(N)=O. The van der Waals surface area contributed by atoms with Crippen LogP contribution in [0.25, 0.3) is 0 Å². The van der Waals surface area contributed by atoms with Crippen LogP contribution in [-0.4, -0.2) is 17.0 Å². The van der Waals surface area contributed by atoms with Crippen molar-refractivity contribution in [3.05, 3.63) is 0 Å². The lowest BCUT2D eigenvalue weighted by molar-refractivity contribution is -0.137. The van der Waals surface area contributed by atoms with Crippen LogP contribution in [0, 0.1) is 5.92 Å². The van der Waals surface area contributed by atoms with Crippen molar-refractivity contribution in [1.82, 2.24) is 0 Å². The largest absolute Gasteiger partial charge is 0.481 e. The van der Waals surface area contributed by atoms with Crippen LogP contribution >= 0.6 is 0 Å². The fourth-order valence-corrected chi connectivity index (χ4v) is 0.482. The zero-order valence-corrected chi connectivity index (χ0v) is 5.83. The van der Waals surface area contributed by atoms with E-state index in [1.54, 1.807) is 6.92 Å². The molecule has 4 heteroatoms. The van der Waals surface area contributed by atoms with Gasteiger partial charge < -0.3 is 10.8 Å². The Kier molecular flexibility index (Phi) is 3.46. The average Bonchev–Trinajstić information content (AvgIpc) is 1.82. The van der Waals surface area contributed by atoms with Crippen molar-refractivity contribution in [1.29, 1.82) is 0 Å². The maximum Gasteiger partial charge on any atom is 0.303 e. The van der Waals surface area contributed by atoms with Gasteiger partial charge in [0.05, 0.1) is 0 Å². The highest BCUT2D eigenvalue weighted by Gasteiger charge is 2.09. The van der Waals surface area contributed by atoms with Crippen LogP contribution in [-0.2, 0) is 9.59 Å². The third-order valence-corrected chi connectivity index (χ3v) is 1.28. The van der Waals surface area contributed by atoms with E-state index in [9.17, 15) is 9.59 Å². The Morgan fingerprint density at radius 2 is 2.10 bits per heavy atom. The predicted molar refractivity (Wildman–Crippen MR) is 35.2 cm³/mol. The van der Waals surface area contributed by atoms with Crippen LogP contribution in [0.15, 0.2) is 0 Å². The molecule has 58 valence electrons. The molecule has 0 spiro atoms. The fourth-order valence-electron chi connectivity index (χ4n) is 0.482. The van der Waals surface area contributed by atoms with E-state index in [1.807, 2.05) is 0 Å². The highest BCUT2D eigenvalue weighted by atomic mass is 16.4. The topological polar surface area (TPSA) is 80.4 Å². The van der Waals surface area contributed by atoms with Gasteiger partial charge in [0.15, 0.2) is 0 Å². The number of amides is 1. The molecule has 0 bridgehead atoms. The number of hydrogen-bond acceptors (Lipinski definition) is 2. The molecule has 0 aliphatic rings. The van der Waals surface area contributed by atoms with E-state index in [0.717, 1.165) is 0 Å². The summed E-state index contributed by atoms with van der Waals surface area (Å²) in [5.41, 5.74) is 4.89. The number of carboxylic acid groups (broad SMARTS) is 1. The predicted octanol–water partition coefficient (Wildman–Crippen LogP) is -0.0274. The molecule has 0 fully saturated rings. The zero-order valence-electron chi connectivity index (χ0n) is 5.83. The summed E-state index contributed by atoms with van der Waals surface area (Å²) in [5.74, 6) is -1.68. The molecule has 0 heterocycles. The third kappa shape index (κ3) is 3.88. The highest BCUT2D eigenvalue weighted by Crippen LogP contribution is 2.03. The van der Waals surface area contributed by atoms with Crippen molar-refractivity contribution < 1.29 is 14.7 Å². The lowest BCUT2D eigenvalue weighted by Gasteiger charge is -2.02. The quantitative estimate of drug-likeness (QED) is 0.583. The standard InChI is InChI=1S/C6H11NO3/c1-4(6(7)10)2-3-5(8)9/h4H,2-3H2,1H3,(H2,7,10)(H,8,9)/t4-/m1/s1. The summed E-state index contributed by atoms with van der Waals surface area (Å²) >= 11 is 0. The number of carbonyl (C=O) groups is 2. The highest BCUT2D eigenvalue weighted by molar-refractivity contribution is 5.77. The molecule has 0 radical (unpaired) electrons. The van der Waals surface area contributed by atoms with Crippen LogP contribution in [0.3, 0.4) is 0 Å². The van der Waals surface area contributed by atoms with E-state index in [4.69, 9.17) is 10.8 Å². The van der Waals surface area contributed by atoms with Crippen LogP contribution in [0.2, 0.25) is 0 Å². The van der Waals surface area contributed by atoms with Gasteiger partial charge in [-0.15, -0.1) is 0 Å². The molecule has 3 N–H and O–H groups in total. The molecule has 0 saturated heterocycles. The van der Waals surface area contributed by atoms with E-state index in [-0.39, 0.29) is 12.3 Å². The van der Waals surface area contributed by atoms with Gasteiger partial charge in [-0.2, -0.15) is 0 Å². The first kappa shape index (κ1) is 8.94. The van der Waals surface area contributed by atoms with E-state index < -0.39 is 11.9 Å². The number of nitrogens with two attached hydrogens (primary N) is 1. The average molecular weight is 145 g/mol. The second-order valence-corrected chi connectivity index (χ2v) is 2.24. The van der Waals surface area contributed by atoms with Crippen molar-refractivity contribution in [2.24, 2.45) is 11.7 Å². The molecule has 10 heavy (non-hydrogen) atoms. The summed E-state index contributed by atoms with van der Waals surface area (Å²) < 4.78 is 0. The van der Waals surface area contributed by atoms with E-state index in [0.29, 0.717) is 6.42 Å². The first-order valence-corrected chi connectivity index (χ1v) is 3.05. The van der Waals surface area contributed by atoms with Gasteiger partial charge in [-0.1, -0.05) is 6.92 Å². The van der Waals surface area contributed by atoms with Gasteiger partial charge in [-0.25, -0.2) is 0 Å². The van der Waals surface area contributed by atoms with Crippen molar-refractivity contribution in [3.8, 4) is 0 Å². The molecular weight excluding hydrogens is 134 g/mol. The molecule has 1 amide bonds. The Balaban J connectivity index is 3.49. The van der Waals surface area contributed by atoms with Gasteiger partial charge in [0.2, 0.25) is 5.91 Å². The van der Waals surface area contributed by atoms with Gasteiger partial charge in [-0.05, 0) is 6.42 Å². The smallest absolute Gasteiger partial charge is 0.303 e. The Morgan fingerprint density at radius 3 is 2.40 bits per heavy atom. The van der Waals surface area contributed by atoms with Crippen LogP contribution in [0.5, 0.6) is 0 Å². The van der Waals surface area contributed by atoms with Gasteiger partial charge in [0.1, 0.15) is 0 Å². The molecule has 0 unspecified atom stereocenters. The zero-order chi connectivity index (χ0) is 8.15. The second kappa shape index (κ2) is 3.87. The van der Waals surface area contributed by atoms with Crippen molar-refractivity contribution in [3.63, 3.8) is 0 Å². The van der Waals surface area contributed by atoms with Crippen molar-refractivity contribution >= 4 is 11.9 Å². The number of carbonyl (C=O) groups excluding carboxylic acids is 1. The lowest BCUT2D eigenvalue weighted by Crippen LogP contribution is -2.21. The molecule has 0 saturated carbocycles.